The Morgan fingerprint density at radius 1 is 1.12 bits per heavy atom. The molecule has 122 valence electrons. The van der Waals surface area contributed by atoms with Crippen LogP contribution in [0.4, 0.5) is 11.4 Å². The predicted octanol–water partition coefficient (Wildman–Crippen LogP) is 2.95. The second kappa shape index (κ2) is 4.25. The first-order chi connectivity index (χ1) is 11.5. The van der Waals surface area contributed by atoms with Gasteiger partial charge in [0.2, 0.25) is 11.8 Å². The quantitative estimate of drug-likeness (QED) is 0.357. The number of anilines is 1. The molecule has 1 heterocycles. The van der Waals surface area contributed by atoms with Gasteiger partial charge in [-0.2, -0.15) is 0 Å². The fraction of sp³-hybridized carbons (Fsp3) is 0.412. The average molecular weight is 345 g/mol. The number of nitrogens with zero attached hydrogens (tertiary/aromatic N) is 2. The number of amides is 2. The monoisotopic (exact) mass is 344 g/mol. The van der Waals surface area contributed by atoms with E-state index in [9.17, 15) is 19.7 Å². The van der Waals surface area contributed by atoms with Gasteiger partial charge in [-0.05, 0) is 36.2 Å². The van der Waals surface area contributed by atoms with Gasteiger partial charge in [0.15, 0.2) is 0 Å². The number of hydrogen-bond acceptors (Lipinski definition) is 4. The van der Waals surface area contributed by atoms with Crippen molar-refractivity contribution < 1.29 is 14.5 Å². The Morgan fingerprint density at radius 3 is 2.21 bits per heavy atom. The summed E-state index contributed by atoms with van der Waals surface area (Å²) in [6, 6.07) is 3.84. The van der Waals surface area contributed by atoms with Crippen LogP contribution in [0.15, 0.2) is 30.4 Å². The highest BCUT2D eigenvalue weighted by molar-refractivity contribution is 6.36. The number of carbonyl (C=O) groups excluding carboxylic acids is 2. The molecule has 0 N–H and O–H groups in total. The molecule has 0 radical (unpaired) electrons. The lowest BCUT2D eigenvalue weighted by Gasteiger charge is -2.22. The van der Waals surface area contributed by atoms with Crippen molar-refractivity contribution >= 4 is 34.8 Å². The molecule has 7 heteroatoms. The summed E-state index contributed by atoms with van der Waals surface area (Å²) >= 11 is 6.14. The standard InChI is InChI=1S/C17H13ClN2O4/c18-11-4-1-8(20(23)24)7-12(11)19-15(21)13-9-2-3-10(14(13)16(19)22)17(9)5-6-17/h1-4,7,9-10,13-14H,5-6H2/t9-,10-,13-,14-/m1/s1. The Bertz CT molecular complexity index is 826. The molecule has 3 fully saturated rings. The molecule has 1 spiro atoms. The highest BCUT2D eigenvalue weighted by atomic mass is 35.5. The summed E-state index contributed by atoms with van der Waals surface area (Å²) in [5.41, 5.74) is 0.0606. The Hall–Kier alpha value is -2.21. The van der Waals surface area contributed by atoms with Crippen LogP contribution >= 0.6 is 11.6 Å². The zero-order valence-electron chi connectivity index (χ0n) is 12.5. The first-order valence-electron chi connectivity index (χ1n) is 7.96. The summed E-state index contributed by atoms with van der Waals surface area (Å²) < 4.78 is 0. The summed E-state index contributed by atoms with van der Waals surface area (Å²) in [5.74, 6) is -0.987. The van der Waals surface area contributed by atoms with Crippen LogP contribution in [0.3, 0.4) is 0 Å². The molecule has 1 saturated heterocycles. The number of imide groups is 1. The molecule has 4 atom stereocenters. The first-order valence-corrected chi connectivity index (χ1v) is 8.33. The Balaban J connectivity index is 1.59. The van der Waals surface area contributed by atoms with Crippen molar-refractivity contribution in [2.45, 2.75) is 12.8 Å². The fourth-order valence-electron chi connectivity index (χ4n) is 5.10. The Morgan fingerprint density at radius 2 is 1.71 bits per heavy atom. The van der Waals surface area contributed by atoms with E-state index in [2.05, 4.69) is 12.2 Å². The van der Waals surface area contributed by atoms with Gasteiger partial charge in [0.05, 0.1) is 27.5 Å². The van der Waals surface area contributed by atoms with Crippen molar-refractivity contribution in [3.05, 3.63) is 45.5 Å². The van der Waals surface area contributed by atoms with E-state index < -0.39 is 4.92 Å². The third-order valence-electron chi connectivity index (χ3n) is 6.23. The summed E-state index contributed by atoms with van der Waals surface area (Å²) in [7, 11) is 0. The Kier molecular flexibility index (Phi) is 2.51. The minimum absolute atomic E-state index is 0.117. The third-order valence-corrected chi connectivity index (χ3v) is 6.55. The number of hydrogen-bond donors (Lipinski definition) is 0. The van der Waals surface area contributed by atoms with Crippen LogP contribution in [0.1, 0.15) is 12.8 Å². The molecular weight excluding hydrogens is 332 g/mol. The van der Waals surface area contributed by atoms with E-state index in [0.717, 1.165) is 17.7 Å². The highest BCUT2D eigenvalue weighted by Gasteiger charge is 2.73. The van der Waals surface area contributed by atoms with E-state index in [4.69, 9.17) is 11.6 Å². The van der Waals surface area contributed by atoms with Crippen molar-refractivity contribution in [3.8, 4) is 0 Å². The SMILES string of the molecule is O=C1[C@H]2[C@H](C(=O)N1c1cc([N+](=O)[O-])ccc1Cl)[C@H]1C=C[C@H]2C12CC2. The molecule has 0 aromatic heterocycles. The molecule has 1 aromatic rings. The number of allylic oxidation sites excluding steroid dienone is 2. The van der Waals surface area contributed by atoms with Gasteiger partial charge in [-0.25, -0.2) is 4.90 Å². The van der Waals surface area contributed by atoms with Crippen LogP contribution in [0, 0.1) is 39.2 Å². The van der Waals surface area contributed by atoms with E-state index >= 15 is 0 Å². The van der Waals surface area contributed by atoms with Crippen molar-refractivity contribution in [1.29, 1.82) is 0 Å². The molecule has 3 aliphatic carbocycles. The van der Waals surface area contributed by atoms with Crippen LogP contribution < -0.4 is 4.90 Å². The molecule has 0 unspecified atom stereocenters. The van der Waals surface area contributed by atoms with Crippen LogP contribution in [0.25, 0.3) is 0 Å². The molecule has 2 amide bonds. The minimum atomic E-state index is -0.559. The predicted molar refractivity (Wildman–Crippen MR) is 85.4 cm³/mol. The number of benzene rings is 1. The largest absolute Gasteiger partial charge is 0.274 e. The second-order valence-corrected chi connectivity index (χ2v) is 7.53. The van der Waals surface area contributed by atoms with E-state index in [-0.39, 0.29) is 57.3 Å². The number of nitro benzene ring substituents is 1. The smallest absolute Gasteiger partial charge is 0.271 e. The lowest BCUT2D eigenvalue weighted by molar-refractivity contribution is -0.384. The number of rotatable bonds is 2. The maximum absolute atomic E-state index is 13.0. The van der Waals surface area contributed by atoms with Crippen LogP contribution in [0.2, 0.25) is 5.02 Å². The van der Waals surface area contributed by atoms with Gasteiger partial charge in [0.1, 0.15) is 0 Å². The second-order valence-electron chi connectivity index (χ2n) is 7.13. The van der Waals surface area contributed by atoms with Gasteiger partial charge in [-0.15, -0.1) is 0 Å². The molecule has 1 aromatic carbocycles. The average Bonchev–Trinajstić information content (AvgIpc) is 3.14. The summed E-state index contributed by atoms with van der Waals surface area (Å²) in [4.78, 5) is 37.5. The molecular formula is C17H13ClN2O4. The third kappa shape index (κ3) is 1.48. The fourth-order valence-corrected chi connectivity index (χ4v) is 5.30. The number of fused-ring (bicyclic) bond motifs is 3. The molecule has 6 nitrogen and oxygen atoms in total. The first kappa shape index (κ1) is 14.2. The van der Waals surface area contributed by atoms with Crippen molar-refractivity contribution in [2.24, 2.45) is 29.1 Å². The number of halogens is 1. The summed E-state index contributed by atoms with van der Waals surface area (Å²) in [6.45, 7) is 0. The van der Waals surface area contributed by atoms with Crippen molar-refractivity contribution in [1.82, 2.24) is 0 Å². The normalized spacial score (nSPS) is 34.3. The number of carbonyl (C=O) groups is 2. The lowest BCUT2D eigenvalue weighted by atomic mass is 9.85. The topological polar surface area (TPSA) is 80.5 Å². The van der Waals surface area contributed by atoms with E-state index in [1.54, 1.807) is 0 Å². The molecule has 4 aliphatic rings. The van der Waals surface area contributed by atoms with E-state index in [1.807, 2.05) is 0 Å². The highest BCUT2D eigenvalue weighted by Crippen LogP contribution is 2.73. The number of non-ortho nitro benzene ring substituents is 1. The van der Waals surface area contributed by atoms with Crippen LogP contribution in [-0.2, 0) is 9.59 Å². The van der Waals surface area contributed by atoms with Crippen molar-refractivity contribution in [3.63, 3.8) is 0 Å². The van der Waals surface area contributed by atoms with E-state index in [1.165, 1.54) is 18.2 Å². The maximum atomic E-state index is 13.0. The zero-order valence-corrected chi connectivity index (χ0v) is 13.3. The molecule has 1 aliphatic heterocycles. The maximum Gasteiger partial charge on any atom is 0.271 e. The van der Waals surface area contributed by atoms with E-state index in [0.29, 0.717) is 0 Å². The van der Waals surface area contributed by atoms with Gasteiger partial charge in [0, 0.05) is 12.1 Å². The number of nitro groups is 1. The molecule has 5 rings (SSSR count). The van der Waals surface area contributed by atoms with Gasteiger partial charge in [-0.1, -0.05) is 23.8 Å². The van der Waals surface area contributed by atoms with Gasteiger partial charge in [-0.3, -0.25) is 19.7 Å². The minimum Gasteiger partial charge on any atom is -0.274 e. The van der Waals surface area contributed by atoms with Crippen molar-refractivity contribution in [2.75, 3.05) is 4.90 Å². The summed E-state index contributed by atoms with van der Waals surface area (Å²) in [6.07, 6.45) is 6.31. The summed E-state index contributed by atoms with van der Waals surface area (Å²) in [5, 5.41) is 11.2. The van der Waals surface area contributed by atoms with Gasteiger partial charge < -0.3 is 0 Å². The molecule has 2 saturated carbocycles. The van der Waals surface area contributed by atoms with Gasteiger partial charge in [0.25, 0.3) is 5.69 Å². The molecule has 24 heavy (non-hydrogen) atoms. The zero-order chi connectivity index (χ0) is 16.8. The lowest BCUT2D eigenvalue weighted by Crippen LogP contribution is -2.35. The molecule has 2 bridgehead atoms. The van der Waals surface area contributed by atoms with Crippen LogP contribution in [0.5, 0.6) is 0 Å². The Labute approximate surface area is 142 Å². The van der Waals surface area contributed by atoms with Gasteiger partial charge >= 0.3 is 0 Å². The van der Waals surface area contributed by atoms with Crippen LogP contribution in [-0.4, -0.2) is 16.7 Å².